The third-order valence-corrected chi connectivity index (χ3v) is 5.13. The van der Waals surface area contributed by atoms with Crippen LogP contribution in [-0.4, -0.2) is 73.0 Å². The Bertz CT molecular complexity index is 761. The van der Waals surface area contributed by atoms with E-state index in [-0.39, 0.29) is 23.9 Å². The molecule has 2 N–H and O–H groups in total. The molecule has 0 bridgehead atoms. The van der Waals surface area contributed by atoms with Gasteiger partial charge in [0, 0.05) is 63.6 Å². The van der Waals surface area contributed by atoms with Gasteiger partial charge >= 0.3 is 6.03 Å². The number of amides is 4. The van der Waals surface area contributed by atoms with E-state index in [1.54, 1.807) is 11.0 Å². The summed E-state index contributed by atoms with van der Waals surface area (Å²) in [5.41, 5.74) is 2.02. The van der Waals surface area contributed by atoms with Crippen LogP contribution in [-0.2, 0) is 4.79 Å². The van der Waals surface area contributed by atoms with Crippen LogP contribution in [0.15, 0.2) is 18.2 Å². The van der Waals surface area contributed by atoms with Crippen LogP contribution in [0.1, 0.15) is 51.4 Å². The highest BCUT2D eigenvalue weighted by molar-refractivity contribution is 6.02. The zero-order valence-electron chi connectivity index (χ0n) is 18.8. The molecule has 1 saturated heterocycles. The summed E-state index contributed by atoms with van der Waals surface area (Å²) in [5, 5.41) is 5.72. The maximum Gasteiger partial charge on any atom is 0.317 e. The Hall–Kier alpha value is -2.77. The minimum Gasteiger partial charge on any atom is -0.369 e. The van der Waals surface area contributed by atoms with Gasteiger partial charge in [-0.15, -0.1) is 0 Å². The number of anilines is 2. The summed E-state index contributed by atoms with van der Waals surface area (Å²) >= 11 is 0. The van der Waals surface area contributed by atoms with E-state index in [0.717, 1.165) is 18.7 Å². The molecule has 1 heterocycles. The summed E-state index contributed by atoms with van der Waals surface area (Å²) in [6, 6.07) is 5.52. The van der Waals surface area contributed by atoms with E-state index in [2.05, 4.69) is 15.5 Å². The van der Waals surface area contributed by atoms with Crippen LogP contribution in [0.5, 0.6) is 0 Å². The van der Waals surface area contributed by atoms with Gasteiger partial charge in [0.05, 0.1) is 5.56 Å². The summed E-state index contributed by atoms with van der Waals surface area (Å²) in [7, 11) is 0. The molecule has 0 atom stereocenters. The monoisotopic (exact) mass is 417 g/mol. The second kappa shape index (κ2) is 10.8. The van der Waals surface area contributed by atoms with E-state index in [9.17, 15) is 14.4 Å². The molecule has 0 unspecified atom stereocenters. The van der Waals surface area contributed by atoms with Crippen LogP contribution in [0.3, 0.4) is 0 Å². The number of nitrogens with one attached hydrogen (secondary N) is 2. The minimum absolute atomic E-state index is 0.0488. The van der Waals surface area contributed by atoms with Gasteiger partial charge in [-0.3, -0.25) is 9.59 Å². The molecule has 166 valence electrons. The molecule has 0 radical (unpaired) electrons. The molecule has 0 aromatic heterocycles. The number of rotatable bonds is 6. The third kappa shape index (κ3) is 6.11. The largest absolute Gasteiger partial charge is 0.369 e. The third-order valence-electron chi connectivity index (χ3n) is 5.13. The normalized spacial score (nSPS) is 14.3. The van der Waals surface area contributed by atoms with E-state index < -0.39 is 0 Å². The van der Waals surface area contributed by atoms with E-state index in [4.69, 9.17) is 0 Å². The maximum absolute atomic E-state index is 13.2. The Labute approximate surface area is 179 Å². The number of carbonyl (C=O) groups is 3. The second-order valence-corrected chi connectivity index (χ2v) is 7.82. The van der Waals surface area contributed by atoms with E-state index in [0.29, 0.717) is 44.0 Å². The van der Waals surface area contributed by atoms with Crippen molar-refractivity contribution in [3.63, 3.8) is 0 Å². The minimum atomic E-state index is -0.175. The summed E-state index contributed by atoms with van der Waals surface area (Å²) in [4.78, 5) is 42.8. The van der Waals surface area contributed by atoms with Crippen molar-refractivity contribution in [1.29, 1.82) is 0 Å². The molecule has 0 aliphatic carbocycles. The molecule has 1 aliphatic heterocycles. The number of urea groups is 1. The zero-order valence-corrected chi connectivity index (χ0v) is 18.8. The molecule has 1 fully saturated rings. The molecule has 8 nitrogen and oxygen atoms in total. The molecule has 2 rings (SSSR count). The Morgan fingerprint density at radius 2 is 1.77 bits per heavy atom. The molecule has 1 aromatic rings. The van der Waals surface area contributed by atoms with Gasteiger partial charge in [-0.05, 0) is 52.3 Å². The molecular weight excluding hydrogens is 382 g/mol. The molecule has 0 saturated carbocycles. The number of hydrogen-bond acceptors (Lipinski definition) is 4. The highest BCUT2D eigenvalue weighted by atomic mass is 16.2. The van der Waals surface area contributed by atoms with Crippen LogP contribution in [0, 0.1) is 0 Å². The Balaban J connectivity index is 2.29. The Morgan fingerprint density at radius 3 is 2.37 bits per heavy atom. The first-order chi connectivity index (χ1) is 14.3. The standard InChI is InChI=1S/C22H35N5O3/c1-6-25(7-2)21(29)19-15-18(24-17(5)28)9-10-20(19)26-11-8-12-27(14-13-26)22(30)23-16(3)4/h9-10,15-16H,6-8,11-14H2,1-5H3,(H,23,30)(H,24,28). The first-order valence-corrected chi connectivity index (χ1v) is 10.8. The highest BCUT2D eigenvalue weighted by Gasteiger charge is 2.24. The number of carbonyl (C=O) groups excluding carboxylic acids is 3. The molecule has 8 heteroatoms. The molecule has 30 heavy (non-hydrogen) atoms. The lowest BCUT2D eigenvalue weighted by atomic mass is 10.1. The lowest BCUT2D eigenvalue weighted by Crippen LogP contribution is -2.44. The maximum atomic E-state index is 13.2. The van der Waals surface area contributed by atoms with E-state index >= 15 is 0 Å². The second-order valence-electron chi connectivity index (χ2n) is 7.82. The lowest BCUT2D eigenvalue weighted by molar-refractivity contribution is -0.114. The van der Waals surface area contributed by atoms with Crippen LogP contribution in [0.25, 0.3) is 0 Å². The van der Waals surface area contributed by atoms with Crippen molar-refractivity contribution in [2.24, 2.45) is 0 Å². The summed E-state index contributed by atoms with van der Waals surface area (Å²) in [6.07, 6.45) is 0.817. The quantitative estimate of drug-likeness (QED) is 0.745. The fourth-order valence-electron chi connectivity index (χ4n) is 3.64. The van der Waals surface area contributed by atoms with Crippen molar-refractivity contribution in [3.8, 4) is 0 Å². The average Bonchev–Trinajstić information content (AvgIpc) is 2.94. The van der Waals surface area contributed by atoms with Crippen LogP contribution in [0.2, 0.25) is 0 Å². The summed E-state index contributed by atoms with van der Waals surface area (Å²) in [5.74, 6) is -0.230. The fourth-order valence-corrected chi connectivity index (χ4v) is 3.64. The Kier molecular flexibility index (Phi) is 8.50. The summed E-state index contributed by atoms with van der Waals surface area (Å²) < 4.78 is 0. The van der Waals surface area contributed by atoms with Crippen molar-refractivity contribution in [3.05, 3.63) is 23.8 Å². The van der Waals surface area contributed by atoms with Gasteiger partial charge in [0.25, 0.3) is 5.91 Å². The van der Waals surface area contributed by atoms with Crippen molar-refractivity contribution in [2.45, 2.75) is 47.1 Å². The van der Waals surface area contributed by atoms with Gasteiger partial charge < -0.3 is 25.3 Å². The van der Waals surface area contributed by atoms with Crippen LogP contribution >= 0.6 is 0 Å². The fraction of sp³-hybridized carbons (Fsp3) is 0.591. The van der Waals surface area contributed by atoms with Crippen molar-refractivity contribution < 1.29 is 14.4 Å². The number of nitrogens with zero attached hydrogens (tertiary/aromatic N) is 3. The lowest BCUT2D eigenvalue weighted by Gasteiger charge is -2.28. The molecular formula is C22H35N5O3. The molecule has 1 aliphatic rings. The van der Waals surface area contributed by atoms with Gasteiger partial charge in [0.15, 0.2) is 0 Å². The van der Waals surface area contributed by atoms with Gasteiger partial charge in [0.1, 0.15) is 0 Å². The van der Waals surface area contributed by atoms with Crippen molar-refractivity contribution in [1.82, 2.24) is 15.1 Å². The SMILES string of the molecule is CCN(CC)C(=O)c1cc(NC(C)=O)ccc1N1CCCN(C(=O)NC(C)C)CC1. The molecule has 1 aromatic carbocycles. The predicted octanol–water partition coefficient (Wildman–Crippen LogP) is 2.76. The van der Waals surface area contributed by atoms with E-state index in [1.165, 1.54) is 6.92 Å². The number of hydrogen-bond donors (Lipinski definition) is 2. The summed E-state index contributed by atoms with van der Waals surface area (Å²) in [6.45, 7) is 13.1. The molecule has 0 spiro atoms. The van der Waals surface area contributed by atoms with Gasteiger partial charge in [-0.1, -0.05) is 0 Å². The van der Waals surface area contributed by atoms with Crippen LogP contribution in [0.4, 0.5) is 16.2 Å². The highest BCUT2D eigenvalue weighted by Crippen LogP contribution is 2.27. The van der Waals surface area contributed by atoms with Crippen molar-refractivity contribution >= 4 is 29.2 Å². The zero-order chi connectivity index (χ0) is 22.3. The average molecular weight is 418 g/mol. The van der Waals surface area contributed by atoms with Crippen LogP contribution < -0.4 is 15.5 Å². The topological polar surface area (TPSA) is 85.0 Å². The van der Waals surface area contributed by atoms with Gasteiger partial charge in [-0.2, -0.15) is 0 Å². The van der Waals surface area contributed by atoms with Gasteiger partial charge in [0.2, 0.25) is 5.91 Å². The predicted molar refractivity (Wildman–Crippen MR) is 120 cm³/mol. The smallest absolute Gasteiger partial charge is 0.317 e. The molecule has 4 amide bonds. The first kappa shape index (κ1) is 23.5. The van der Waals surface area contributed by atoms with Crippen molar-refractivity contribution in [2.75, 3.05) is 49.5 Å². The van der Waals surface area contributed by atoms with E-state index in [1.807, 2.05) is 44.7 Å². The van der Waals surface area contributed by atoms with Gasteiger partial charge in [-0.25, -0.2) is 4.79 Å². The number of benzene rings is 1. The Morgan fingerprint density at radius 1 is 1.07 bits per heavy atom. The first-order valence-electron chi connectivity index (χ1n) is 10.8.